The molecule has 0 spiro atoms. The molecule has 0 saturated heterocycles. The minimum absolute atomic E-state index is 0.100. The van der Waals surface area contributed by atoms with Gasteiger partial charge in [0.25, 0.3) is 0 Å². The van der Waals surface area contributed by atoms with E-state index in [1.165, 1.54) is 0 Å². The lowest BCUT2D eigenvalue weighted by molar-refractivity contribution is -0.113. The van der Waals surface area contributed by atoms with Crippen molar-refractivity contribution in [1.29, 1.82) is 10.8 Å². The molecule has 0 heterocycles. The zero-order chi connectivity index (χ0) is 12.2. The predicted octanol–water partition coefficient (Wildman–Crippen LogP) is 2.54. The zero-order valence-electron chi connectivity index (χ0n) is 9.63. The Morgan fingerprint density at radius 1 is 0.688 bits per heavy atom. The molecule has 0 aliphatic carbocycles. The van der Waals surface area contributed by atoms with Crippen LogP contribution in [0.2, 0.25) is 0 Å². The Balaban J connectivity index is 3.15. The molecular formula is C12H20N2O2. The second kappa shape index (κ2) is 10.2. The first kappa shape index (κ1) is 14.7. The van der Waals surface area contributed by atoms with Crippen LogP contribution in [0.3, 0.4) is 0 Å². The van der Waals surface area contributed by atoms with Gasteiger partial charge in [-0.1, -0.05) is 25.7 Å². The quantitative estimate of drug-likeness (QED) is 0.417. The van der Waals surface area contributed by atoms with Crippen molar-refractivity contribution in [2.24, 2.45) is 0 Å². The molecule has 0 bridgehead atoms. The summed E-state index contributed by atoms with van der Waals surface area (Å²) in [7, 11) is 0. The fourth-order valence-corrected chi connectivity index (χ4v) is 1.45. The third-order valence-electron chi connectivity index (χ3n) is 2.42. The molecular weight excluding hydrogens is 204 g/mol. The Labute approximate surface area is 96.4 Å². The molecule has 0 aliphatic rings. The van der Waals surface area contributed by atoms with Crippen LogP contribution in [0.25, 0.3) is 0 Å². The second-order valence-corrected chi connectivity index (χ2v) is 3.84. The highest BCUT2D eigenvalue weighted by molar-refractivity contribution is 6.26. The summed E-state index contributed by atoms with van der Waals surface area (Å²) in [6.45, 7) is 0. The van der Waals surface area contributed by atoms with Gasteiger partial charge in [0.05, 0.1) is 12.4 Å². The number of ketones is 2. The van der Waals surface area contributed by atoms with Crippen LogP contribution >= 0.6 is 0 Å². The Morgan fingerprint density at radius 3 is 1.31 bits per heavy atom. The number of carbonyl (C=O) groups excluding carboxylic acids is 2. The van der Waals surface area contributed by atoms with Gasteiger partial charge in [-0.2, -0.15) is 0 Å². The number of Topliss-reactive ketones (excluding diaryl/α,β-unsaturated/α-hetero) is 2. The largest absolute Gasteiger partial charge is 0.305 e. The maximum absolute atomic E-state index is 10.8. The first-order valence-corrected chi connectivity index (χ1v) is 5.77. The van der Waals surface area contributed by atoms with E-state index in [1.54, 1.807) is 0 Å². The van der Waals surface area contributed by atoms with Gasteiger partial charge in [-0.25, -0.2) is 0 Å². The molecule has 16 heavy (non-hydrogen) atoms. The lowest BCUT2D eigenvalue weighted by Gasteiger charge is -1.99. The van der Waals surface area contributed by atoms with E-state index in [-0.39, 0.29) is 11.6 Å². The van der Waals surface area contributed by atoms with Crippen molar-refractivity contribution in [2.75, 3.05) is 0 Å². The maximum Gasteiger partial charge on any atom is 0.173 e. The average Bonchev–Trinajstić information content (AvgIpc) is 2.31. The Morgan fingerprint density at radius 2 is 1.00 bits per heavy atom. The van der Waals surface area contributed by atoms with Crippen LogP contribution in [-0.2, 0) is 9.59 Å². The van der Waals surface area contributed by atoms with Gasteiger partial charge in [0.15, 0.2) is 11.6 Å². The number of unbranched alkanes of at least 4 members (excludes halogenated alkanes) is 5. The van der Waals surface area contributed by atoms with Gasteiger partial charge in [0.2, 0.25) is 0 Å². The highest BCUT2D eigenvalue weighted by Crippen LogP contribution is 2.08. The molecule has 0 amide bonds. The van der Waals surface area contributed by atoms with Crippen molar-refractivity contribution in [1.82, 2.24) is 0 Å². The van der Waals surface area contributed by atoms with Crippen LogP contribution in [0.15, 0.2) is 0 Å². The molecule has 0 saturated carbocycles. The van der Waals surface area contributed by atoms with Gasteiger partial charge < -0.3 is 10.8 Å². The van der Waals surface area contributed by atoms with Crippen LogP contribution in [0.4, 0.5) is 0 Å². The first-order chi connectivity index (χ1) is 7.70. The van der Waals surface area contributed by atoms with Crippen LogP contribution < -0.4 is 0 Å². The summed E-state index contributed by atoms with van der Waals surface area (Å²) in [4.78, 5) is 21.5. The normalized spacial score (nSPS) is 9.75. The standard InChI is InChI=1S/C12H20N2O2/c13-9-11(15)7-5-3-1-2-4-6-8-12(16)10-14/h9-10,13-14H,1-8H2. The van der Waals surface area contributed by atoms with Crippen LogP contribution in [0.1, 0.15) is 51.4 Å². The zero-order valence-corrected chi connectivity index (χ0v) is 9.63. The molecule has 0 aromatic rings. The van der Waals surface area contributed by atoms with Crippen molar-refractivity contribution >= 4 is 24.0 Å². The lowest BCUT2D eigenvalue weighted by Crippen LogP contribution is -1.98. The third kappa shape index (κ3) is 9.24. The maximum atomic E-state index is 10.8. The molecule has 0 unspecified atom stereocenters. The van der Waals surface area contributed by atoms with Crippen molar-refractivity contribution in [3.8, 4) is 0 Å². The Bertz CT molecular complexity index is 223. The van der Waals surface area contributed by atoms with E-state index < -0.39 is 0 Å². The van der Waals surface area contributed by atoms with Gasteiger partial charge in [-0.05, 0) is 12.8 Å². The molecule has 90 valence electrons. The SMILES string of the molecule is N=CC(=O)CCCCCCCCC(=O)C=N. The fourth-order valence-electron chi connectivity index (χ4n) is 1.45. The lowest BCUT2D eigenvalue weighted by atomic mass is 10.1. The van der Waals surface area contributed by atoms with E-state index in [0.29, 0.717) is 12.8 Å². The molecule has 0 atom stereocenters. The van der Waals surface area contributed by atoms with Crippen LogP contribution in [0.5, 0.6) is 0 Å². The smallest absolute Gasteiger partial charge is 0.173 e. The molecule has 0 fully saturated rings. The number of hydrogen-bond acceptors (Lipinski definition) is 4. The minimum Gasteiger partial charge on any atom is -0.305 e. The Kier molecular flexibility index (Phi) is 9.36. The molecule has 0 radical (unpaired) electrons. The number of carbonyl (C=O) groups is 2. The van der Waals surface area contributed by atoms with E-state index in [2.05, 4.69) is 0 Å². The molecule has 4 nitrogen and oxygen atoms in total. The van der Waals surface area contributed by atoms with Gasteiger partial charge in [-0.3, -0.25) is 9.59 Å². The summed E-state index contributed by atoms with van der Waals surface area (Å²) in [5.41, 5.74) is 0. The summed E-state index contributed by atoms with van der Waals surface area (Å²) < 4.78 is 0. The van der Waals surface area contributed by atoms with Crippen LogP contribution in [-0.4, -0.2) is 24.0 Å². The summed E-state index contributed by atoms with van der Waals surface area (Å²) in [6, 6.07) is 0. The molecule has 4 heteroatoms. The van der Waals surface area contributed by atoms with E-state index >= 15 is 0 Å². The summed E-state index contributed by atoms with van der Waals surface area (Å²) in [5, 5.41) is 13.4. The molecule has 0 aromatic carbocycles. The van der Waals surface area contributed by atoms with Crippen molar-refractivity contribution < 1.29 is 9.59 Å². The van der Waals surface area contributed by atoms with E-state index in [4.69, 9.17) is 10.8 Å². The monoisotopic (exact) mass is 224 g/mol. The summed E-state index contributed by atoms with van der Waals surface area (Å²) >= 11 is 0. The van der Waals surface area contributed by atoms with Crippen molar-refractivity contribution in [3.05, 3.63) is 0 Å². The van der Waals surface area contributed by atoms with Gasteiger partial charge in [0.1, 0.15) is 0 Å². The van der Waals surface area contributed by atoms with Crippen molar-refractivity contribution in [3.63, 3.8) is 0 Å². The second-order valence-electron chi connectivity index (χ2n) is 3.84. The van der Waals surface area contributed by atoms with Gasteiger partial charge in [0, 0.05) is 12.8 Å². The Hall–Kier alpha value is -1.32. The number of nitrogens with one attached hydrogen (secondary N) is 2. The number of hydrogen-bond donors (Lipinski definition) is 2. The third-order valence-corrected chi connectivity index (χ3v) is 2.42. The topological polar surface area (TPSA) is 81.8 Å². The highest BCUT2D eigenvalue weighted by Gasteiger charge is 1.98. The minimum atomic E-state index is -0.100. The highest BCUT2D eigenvalue weighted by atomic mass is 16.1. The molecule has 2 N–H and O–H groups in total. The van der Waals surface area contributed by atoms with E-state index in [1.807, 2.05) is 0 Å². The predicted molar refractivity (Wildman–Crippen MR) is 64.5 cm³/mol. The van der Waals surface area contributed by atoms with Gasteiger partial charge >= 0.3 is 0 Å². The fraction of sp³-hybridized carbons (Fsp3) is 0.667. The number of rotatable bonds is 11. The summed E-state index contributed by atoms with van der Waals surface area (Å²) in [5.74, 6) is -0.201. The van der Waals surface area contributed by atoms with E-state index in [9.17, 15) is 9.59 Å². The molecule has 0 rings (SSSR count). The van der Waals surface area contributed by atoms with Crippen molar-refractivity contribution in [2.45, 2.75) is 51.4 Å². The molecule has 0 aromatic heterocycles. The average molecular weight is 224 g/mol. The van der Waals surface area contributed by atoms with Crippen LogP contribution in [0, 0.1) is 10.8 Å². The molecule has 0 aliphatic heterocycles. The van der Waals surface area contributed by atoms with Gasteiger partial charge in [-0.15, -0.1) is 0 Å². The summed E-state index contributed by atoms with van der Waals surface area (Å²) in [6.07, 6.45) is 8.60. The van der Waals surface area contributed by atoms with E-state index in [0.717, 1.165) is 51.0 Å². The first-order valence-electron chi connectivity index (χ1n) is 5.77.